The summed E-state index contributed by atoms with van der Waals surface area (Å²) in [5, 5.41) is 8.76. The Labute approximate surface area is 112 Å². The molecule has 5 nitrogen and oxygen atoms in total. The molecule has 1 saturated carbocycles. The van der Waals surface area contributed by atoms with Crippen LogP contribution in [0.25, 0.3) is 5.65 Å². The minimum Gasteiger partial charge on any atom is -0.353 e. The van der Waals surface area contributed by atoms with E-state index < -0.39 is 0 Å². The van der Waals surface area contributed by atoms with Gasteiger partial charge < -0.3 is 4.90 Å². The zero-order valence-electron chi connectivity index (χ0n) is 11.3. The first-order valence-corrected chi connectivity index (χ1v) is 7.27. The Bertz CT molecular complexity index is 593. The maximum absolute atomic E-state index is 4.55. The molecule has 1 aliphatic carbocycles. The van der Waals surface area contributed by atoms with Gasteiger partial charge in [-0.25, -0.2) is 4.98 Å². The SMILES string of the molecule is CC1CCN(c2nccn3c(C4CC4)nnc23)CC1. The van der Waals surface area contributed by atoms with Gasteiger partial charge >= 0.3 is 0 Å². The van der Waals surface area contributed by atoms with E-state index in [4.69, 9.17) is 0 Å². The molecule has 0 unspecified atom stereocenters. The first-order chi connectivity index (χ1) is 9.33. The van der Waals surface area contributed by atoms with E-state index in [1.54, 1.807) is 0 Å². The summed E-state index contributed by atoms with van der Waals surface area (Å²) < 4.78 is 2.14. The second-order valence-corrected chi connectivity index (χ2v) is 5.95. The second-order valence-electron chi connectivity index (χ2n) is 5.95. The molecule has 2 fully saturated rings. The number of nitrogens with zero attached hydrogens (tertiary/aromatic N) is 5. The molecule has 0 bridgehead atoms. The highest BCUT2D eigenvalue weighted by Gasteiger charge is 2.30. The first kappa shape index (κ1) is 11.2. The van der Waals surface area contributed by atoms with Crippen molar-refractivity contribution < 1.29 is 0 Å². The number of fused-ring (bicyclic) bond motifs is 1. The molecule has 2 aromatic rings. The van der Waals surface area contributed by atoms with E-state index in [0.717, 1.165) is 36.3 Å². The van der Waals surface area contributed by atoms with Crippen molar-refractivity contribution in [2.45, 2.75) is 38.5 Å². The van der Waals surface area contributed by atoms with Crippen LogP contribution in [0, 0.1) is 5.92 Å². The summed E-state index contributed by atoms with van der Waals surface area (Å²) in [5.74, 6) is 3.57. The number of rotatable bonds is 2. The van der Waals surface area contributed by atoms with Crippen molar-refractivity contribution in [3.8, 4) is 0 Å². The van der Waals surface area contributed by atoms with E-state index in [2.05, 4.69) is 31.4 Å². The molecule has 0 radical (unpaired) electrons. The maximum Gasteiger partial charge on any atom is 0.203 e. The minimum absolute atomic E-state index is 0.617. The molecule has 100 valence electrons. The van der Waals surface area contributed by atoms with Crippen LogP contribution in [0.3, 0.4) is 0 Å². The van der Waals surface area contributed by atoms with Crippen LogP contribution in [0.2, 0.25) is 0 Å². The normalized spacial score (nSPS) is 21.2. The van der Waals surface area contributed by atoms with Gasteiger partial charge in [0.05, 0.1) is 0 Å². The molecule has 0 atom stereocenters. The molecule has 0 aromatic carbocycles. The summed E-state index contributed by atoms with van der Waals surface area (Å²) in [4.78, 5) is 6.91. The number of anilines is 1. The second kappa shape index (κ2) is 4.18. The van der Waals surface area contributed by atoms with Crippen LogP contribution in [0.15, 0.2) is 12.4 Å². The Balaban J connectivity index is 1.73. The average molecular weight is 257 g/mol. The fraction of sp³-hybridized carbons (Fsp3) is 0.643. The highest BCUT2D eigenvalue weighted by molar-refractivity contribution is 5.64. The molecule has 4 rings (SSSR count). The topological polar surface area (TPSA) is 46.3 Å². The van der Waals surface area contributed by atoms with Gasteiger partial charge in [-0.05, 0) is 31.6 Å². The van der Waals surface area contributed by atoms with Crippen LogP contribution >= 0.6 is 0 Å². The molecule has 1 aliphatic heterocycles. The van der Waals surface area contributed by atoms with Crippen molar-refractivity contribution >= 4 is 11.5 Å². The monoisotopic (exact) mass is 257 g/mol. The third-order valence-corrected chi connectivity index (χ3v) is 4.36. The predicted molar refractivity (Wildman–Crippen MR) is 73.4 cm³/mol. The molecule has 2 aromatic heterocycles. The predicted octanol–water partition coefficient (Wildman–Crippen LogP) is 2.24. The zero-order chi connectivity index (χ0) is 12.8. The lowest BCUT2D eigenvalue weighted by Crippen LogP contribution is -2.33. The smallest absolute Gasteiger partial charge is 0.203 e. The van der Waals surface area contributed by atoms with E-state index in [9.17, 15) is 0 Å². The highest BCUT2D eigenvalue weighted by atomic mass is 15.3. The van der Waals surface area contributed by atoms with Crippen LogP contribution in [0.1, 0.15) is 44.3 Å². The van der Waals surface area contributed by atoms with E-state index in [0.29, 0.717) is 5.92 Å². The van der Waals surface area contributed by atoms with Gasteiger partial charge in [-0.2, -0.15) is 0 Å². The Kier molecular flexibility index (Phi) is 2.47. The molecule has 19 heavy (non-hydrogen) atoms. The molecule has 1 saturated heterocycles. The quantitative estimate of drug-likeness (QED) is 0.827. The van der Waals surface area contributed by atoms with E-state index in [1.165, 1.54) is 25.7 Å². The van der Waals surface area contributed by atoms with Crippen LogP contribution < -0.4 is 4.90 Å². The number of hydrogen-bond acceptors (Lipinski definition) is 4. The minimum atomic E-state index is 0.617. The van der Waals surface area contributed by atoms with Gasteiger partial charge in [0.25, 0.3) is 0 Å². The molecule has 2 aliphatic rings. The Hall–Kier alpha value is -1.65. The van der Waals surface area contributed by atoms with Crippen molar-refractivity contribution in [3.05, 3.63) is 18.2 Å². The molecular formula is C14H19N5. The van der Waals surface area contributed by atoms with Gasteiger partial charge in [-0.15, -0.1) is 10.2 Å². The van der Waals surface area contributed by atoms with Crippen molar-refractivity contribution in [2.75, 3.05) is 18.0 Å². The van der Waals surface area contributed by atoms with Gasteiger partial charge in [0.1, 0.15) is 5.82 Å². The third kappa shape index (κ3) is 1.88. The average Bonchev–Trinajstić information content (AvgIpc) is 3.19. The molecule has 5 heteroatoms. The van der Waals surface area contributed by atoms with E-state index >= 15 is 0 Å². The largest absolute Gasteiger partial charge is 0.353 e. The molecular weight excluding hydrogens is 238 g/mol. The number of hydrogen-bond donors (Lipinski definition) is 0. The summed E-state index contributed by atoms with van der Waals surface area (Å²) in [6.45, 7) is 4.49. The van der Waals surface area contributed by atoms with E-state index in [1.807, 2.05) is 12.4 Å². The van der Waals surface area contributed by atoms with Crippen molar-refractivity contribution in [1.29, 1.82) is 0 Å². The van der Waals surface area contributed by atoms with Crippen LogP contribution in [0.4, 0.5) is 5.82 Å². The number of aromatic nitrogens is 4. The molecule has 3 heterocycles. The Morgan fingerprint density at radius 1 is 1.11 bits per heavy atom. The van der Waals surface area contributed by atoms with Gasteiger partial charge in [0, 0.05) is 31.4 Å². The summed E-state index contributed by atoms with van der Waals surface area (Å²) in [7, 11) is 0. The highest BCUT2D eigenvalue weighted by Crippen LogP contribution is 2.39. The summed E-state index contributed by atoms with van der Waals surface area (Å²) in [6.07, 6.45) is 8.87. The fourth-order valence-corrected chi connectivity index (χ4v) is 2.89. The van der Waals surface area contributed by atoms with Crippen molar-refractivity contribution in [2.24, 2.45) is 5.92 Å². The van der Waals surface area contributed by atoms with Gasteiger partial charge in [-0.3, -0.25) is 4.40 Å². The fourth-order valence-electron chi connectivity index (χ4n) is 2.89. The maximum atomic E-state index is 4.55. The van der Waals surface area contributed by atoms with Gasteiger partial charge in [0.2, 0.25) is 5.65 Å². The van der Waals surface area contributed by atoms with Crippen LogP contribution in [0.5, 0.6) is 0 Å². The van der Waals surface area contributed by atoms with Gasteiger partial charge in [0.15, 0.2) is 5.82 Å². The summed E-state index contributed by atoms with van der Waals surface area (Å²) in [5.41, 5.74) is 0.930. The lowest BCUT2D eigenvalue weighted by molar-refractivity contribution is 0.437. The summed E-state index contributed by atoms with van der Waals surface area (Å²) >= 11 is 0. The summed E-state index contributed by atoms with van der Waals surface area (Å²) in [6, 6.07) is 0. The molecule has 0 spiro atoms. The lowest BCUT2D eigenvalue weighted by Gasteiger charge is -2.31. The van der Waals surface area contributed by atoms with E-state index in [-0.39, 0.29) is 0 Å². The molecule has 0 amide bonds. The van der Waals surface area contributed by atoms with Crippen LogP contribution in [-0.2, 0) is 0 Å². The standard InChI is InChI=1S/C14H19N5/c1-10-4-7-18(8-5-10)13-14-17-16-12(11-2-3-11)19(14)9-6-15-13/h6,9-11H,2-5,7-8H2,1H3. The van der Waals surface area contributed by atoms with Crippen molar-refractivity contribution in [1.82, 2.24) is 19.6 Å². The lowest BCUT2D eigenvalue weighted by atomic mass is 9.99. The third-order valence-electron chi connectivity index (χ3n) is 4.36. The Morgan fingerprint density at radius 3 is 2.63 bits per heavy atom. The first-order valence-electron chi connectivity index (χ1n) is 7.27. The molecule has 0 N–H and O–H groups in total. The Morgan fingerprint density at radius 2 is 1.89 bits per heavy atom. The number of piperidine rings is 1. The van der Waals surface area contributed by atoms with Gasteiger partial charge in [-0.1, -0.05) is 6.92 Å². The van der Waals surface area contributed by atoms with Crippen LogP contribution in [-0.4, -0.2) is 32.7 Å². The van der Waals surface area contributed by atoms with Crippen molar-refractivity contribution in [3.63, 3.8) is 0 Å². The zero-order valence-corrected chi connectivity index (χ0v) is 11.3.